The quantitative estimate of drug-likeness (QED) is 0.669. The minimum atomic E-state index is -0.485. The van der Waals surface area contributed by atoms with Gasteiger partial charge in [0.2, 0.25) is 0 Å². The van der Waals surface area contributed by atoms with Gasteiger partial charge in [-0.2, -0.15) is 0 Å². The van der Waals surface area contributed by atoms with E-state index < -0.39 is 9.52 Å². The molecule has 2 N–H and O–H groups in total. The third kappa shape index (κ3) is 3.73. The van der Waals surface area contributed by atoms with Gasteiger partial charge in [-0.25, -0.2) is 0 Å². The fourth-order valence-corrected chi connectivity index (χ4v) is 3.21. The summed E-state index contributed by atoms with van der Waals surface area (Å²) < 4.78 is 5.74. The fraction of sp³-hybridized carbons (Fsp3) is 0.125. The smallest absolute Gasteiger partial charge is 0.118 e. The number of nitrogens with two attached hydrogens (primary N) is 1. The first-order valence-electron chi connectivity index (χ1n) is 6.39. The summed E-state index contributed by atoms with van der Waals surface area (Å²) in [5.41, 5.74) is 8.95. The van der Waals surface area contributed by atoms with Crippen LogP contribution in [0.3, 0.4) is 0 Å². The van der Waals surface area contributed by atoms with Gasteiger partial charge in [-0.1, -0.05) is 36.0 Å². The molecule has 0 aliphatic rings. The first-order valence-corrected chi connectivity index (χ1v) is 8.09. The van der Waals surface area contributed by atoms with Crippen molar-refractivity contribution in [1.29, 1.82) is 0 Å². The lowest BCUT2D eigenvalue weighted by molar-refractivity contribution is 0.386. The average Bonchev–Trinajstić information content (AvgIpc) is 2.41. The molecule has 0 aliphatic carbocycles. The molecule has 0 radical (unpaired) electrons. The van der Waals surface area contributed by atoms with E-state index in [1.165, 1.54) is 16.3 Å². The SMILES string of the molecule is C=C([SiH2]COc1ccc(N)cc1)c1ccccc1C. The molecule has 0 unspecified atom stereocenters. The standard InChI is InChI=1S/C16H19NOSi/c1-12-5-3-4-6-16(12)13(2)19-11-18-15-9-7-14(17)8-10-15/h3-10H,2,11,17,19H2,1H3. The normalized spacial score (nSPS) is 10.8. The minimum Gasteiger partial charge on any atom is -0.497 e. The molecular formula is C16H19NOSi. The lowest BCUT2D eigenvalue weighted by atomic mass is 10.1. The summed E-state index contributed by atoms with van der Waals surface area (Å²) in [5.74, 6) is 0.874. The molecule has 2 rings (SSSR count). The van der Waals surface area contributed by atoms with Crippen LogP contribution in [0, 0.1) is 6.92 Å². The van der Waals surface area contributed by atoms with Gasteiger partial charge in [0.15, 0.2) is 0 Å². The number of hydrogen-bond donors (Lipinski definition) is 1. The van der Waals surface area contributed by atoms with Crippen molar-refractivity contribution in [2.24, 2.45) is 0 Å². The van der Waals surface area contributed by atoms with Gasteiger partial charge < -0.3 is 10.5 Å². The first kappa shape index (κ1) is 13.4. The Morgan fingerprint density at radius 1 is 1.16 bits per heavy atom. The lowest BCUT2D eigenvalue weighted by Crippen LogP contribution is -2.09. The molecule has 0 fully saturated rings. The molecule has 0 atom stereocenters. The molecule has 19 heavy (non-hydrogen) atoms. The van der Waals surface area contributed by atoms with Crippen LogP contribution >= 0.6 is 0 Å². The second kappa shape index (κ2) is 6.25. The van der Waals surface area contributed by atoms with E-state index in [0.717, 1.165) is 17.7 Å². The number of anilines is 1. The van der Waals surface area contributed by atoms with Crippen LogP contribution in [0.5, 0.6) is 5.75 Å². The first-order chi connectivity index (χ1) is 9.16. The highest BCUT2D eigenvalue weighted by atomic mass is 28.2. The topological polar surface area (TPSA) is 35.2 Å². The molecule has 3 heteroatoms. The van der Waals surface area contributed by atoms with E-state index in [9.17, 15) is 0 Å². The third-order valence-corrected chi connectivity index (χ3v) is 4.47. The summed E-state index contributed by atoms with van der Waals surface area (Å²) in [6.07, 6.45) is 0.761. The van der Waals surface area contributed by atoms with Crippen molar-refractivity contribution in [1.82, 2.24) is 0 Å². The third-order valence-electron chi connectivity index (χ3n) is 3.08. The van der Waals surface area contributed by atoms with Crippen molar-refractivity contribution in [3.05, 3.63) is 66.2 Å². The largest absolute Gasteiger partial charge is 0.497 e. The summed E-state index contributed by atoms with van der Waals surface area (Å²) in [7, 11) is -0.485. The van der Waals surface area contributed by atoms with Crippen LogP contribution in [-0.4, -0.2) is 15.7 Å². The maximum atomic E-state index is 5.74. The van der Waals surface area contributed by atoms with E-state index in [2.05, 4.69) is 37.8 Å². The number of hydrogen-bond acceptors (Lipinski definition) is 2. The summed E-state index contributed by atoms with van der Waals surface area (Å²) in [6, 6.07) is 15.9. The Kier molecular flexibility index (Phi) is 4.42. The molecule has 0 aliphatic heterocycles. The van der Waals surface area contributed by atoms with Crippen molar-refractivity contribution < 1.29 is 4.74 Å². The van der Waals surface area contributed by atoms with Crippen LogP contribution in [0.25, 0.3) is 5.20 Å². The molecule has 2 nitrogen and oxygen atoms in total. The zero-order valence-corrected chi connectivity index (χ0v) is 12.6. The Balaban J connectivity index is 1.88. The zero-order valence-electron chi connectivity index (χ0n) is 11.2. The molecular weight excluding hydrogens is 250 g/mol. The van der Waals surface area contributed by atoms with Gasteiger partial charge >= 0.3 is 0 Å². The second-order valence-electron chi connectivity index (χ2n) is 4.59. The summed E-state index contributed by atoms with van der Waals surface area (Å²) in [5, 5.41) is 1.24. The van der Waals surface area contributed by atoms with Crippen LogP contribution in [0.2, 0.25) is 0 Å². The van der Waals surface area contributed by atoms with Gasteiger partial charge in [-0.15, -0.1) is 0 Å². The minimum absolute atomic E-state index is 0.485. The van der Waals surface area contributed by atoms with Crippen molar-refractivity contribution in [2.75, 3.05) is 12.0 Å². The van der Waals surface area contributed by atoms with E-state index in [0.29, 0.717) is 0 Å². The summed E-state index contributed by atoms with van der Waals surface area (Å²) >= 11 is 0. The average molecular weight is 269 g/mol. The molecule has 0 amide bonds. The Labute approximate surface area is 116 Å². The van der Waals surface area contributed by atoms with Crippen molar-refractivity contribution in [2.45, 2.75) is 6.92 Å². The monoisotopic (exact) mass is 269 g/mol. The highest BCUT2D eigenvalue weighted by Crippen LogP contribution is 2.17. The van der Waals surface area contributed by atoms with Gasteiger partial charge in [-0.05, 0) is 42.3 Å². The van der Waals surface area contributed by atoms with Crippen molar-refractivity contribution >= 4 is 20.4 Å². The molecule has 0 saturated carbocycles. The highest BCUT2D eigenvalue weighted by molar-refractivity contribution is 6.60. The van der Waals surface area contributed by atoms with E-state index in [1.807, 2.05) is 24.3 Å². The molecule has 0 aromatic heterocycles. The van der Waals surface area contributed by atoms with Gasteiger partial charge in [-0.3, -0.25) is 0 Å². The maximum absolute atomic E-state index is 5.74. The number of benzene rings is 2. The van der Waals surface area contributed by atoms with Crippen molar-refractivity contribution in [3.63, 3.8) is 0 Å². The van der Waals surface area contributed by atoms with Crippen LogP contribution in [-0.2, 0) is 0 Å². The Morgan fingerprint density at radius 2 is 1.84 bits per heavy atom. The van der Waals surface area contributed by atoms with Crippen LogP contribution in [0.1, 0.15) is 11.1 Å². The number of nitrogen functional groups attached to an aromatic ring is 1. The van der Waals surface area contributed by atoms with Crippen LogP contribution in [0.15, 0.2) is 55.1 Å². The molecule has 0 spiro atoms. The zero-order chi connectivity index (χ0) is 13.7. The molecule has 0 bridgehead atoms. The van der Waals surface area contributed by atoms with E-state index in [-0.39, 0.29) is 0 Å². The summed E-state index contributed by atoms with van der Waals surface area (Å²) in [4.78, 5) is 0. The number of aryl methyl sites for hydroxylation is 1. The number of ether oxygens (including phenoxy) is 1. The van der Waals surface area contributed by atoms with Gasteiger partial charge in [0.25, 0.3) is 0 Å². The van der Waals surface area contributed by atoms with E-state index in [1.54, 1.807) is 0 Å². The molecule has 98 valence electrons. The number of rotatable bonds is 5. The molecule has 0 saturated heterocycles. The van der Waals surface area contributed by atoms with Crippen LogP contribution in [0.4, 0.5) is 5.69 Å². The highest BCUT2D eigenvalue weighted by Gasteiger charge is 2.03. The Bertz CT molecular complexity index is 563. The second-order valence-corrected chi connectivity index (χ2v) is 6.35. The van der Waals surface area contributed by atoms with Gasteiger partial charge in [0, 0.05) is 5.69 Å². The summed E-state index contributed by atoms with van der Waals surface area (Å²) in [6.45, 7) is 6.31. The van der Waals surface area contributed by atoms with Gasteiger partial charge in [0.05, 0.1) is 15.7 Å². The Hall–Kier alpha value is -2.00. The van der Waals surface area contributed by atoms with Crippen LogP contribution < -0.4 is 10.5 Å². The molecule has 2 aromatic rings. The van der Waals surface area contributed by atoms with E-state index in [4.69, 9.17) is 10.5 Å². The maximum Gasteiger partial charge on any atom is 0.118 e. The van der Waals surface area contributed by atoms with E-state index >= 15 is 0 Å². The fourth-order valence-electron chi connectivity index (χ4n) is 1.96. The molecule has 0 heterocycles. The lowest BCUT2D eigenvalue weighted by Gasteiger charge is -2.10. The predicted octanol–water partition coefficient (Wildman–Crippen LogP) is 2.75. The Morgan fingerprint density at radius 3 is 2.53 bits per heavy atom. The predicted molar refractivity (Wildman–Crippen MR) is 85.1 cm³/mol. The van der Waals surface area contributed by atoms with Crippen molar-refractivity contribution in [3.8, 4) is 5.75 Å². The molecule has 2 aromatic carbocycles. The van der Waals surface area contributed by atoms with Gasteiger partial charge in [0.1, 0.15) is 5.75 Å².